The fourth-order valence-electron chi connectivity index (χ4n) is 2.01. The minimum Gasteiger partial charge on any atom is -0.359 e. The zero-order valence-corrected chi connectivity index (χ0v) is 10.8. The summed E-state index contributed by atoms with van der Waals surface area (Å²) in [6, 6.07) is 11.6. The molecule has 0 amide bonds. The van der Waals surface area contributed by atoms with Crippen molar-refractivity contribution >= 4 is 16.7 Å². The fourth-order valence-corrected chi connectivity index (χ4v) is 2.01. The van der Waals surface area contributed by atoms with Crippen molar-refractivity contribution in [1.82, 2.24) is 20.2 Å². The molecule has 3 aromatic rings. The number of nitriles is 1. The first-order valence-electron chi connectivity index (χ1n) is 6.19. The van der Waals surface area contributed by atoms with Crippen LogP contribution < -0.4 is 5.32 Å². The summed E-state index contributed by atoms with van der Waals surface area (Å²) < 4.78 is 0. The van der Waals surface area contributed by atoms with E-state index in [1.807, 2.05) is 37.3 Å². The summed E-state index contributed by atoms with van der Waals surface area (Å²) >= 11 is 0. The Morgan fingerprint density at radius 3 is 2.95 bits per heavy atom. The number of nitrogens with one attached hydrogen (secondary N) is 2. The molecule has 6 heteroatoms. The van der Waals surface area contributed by atoms with Crippen LogP contribution in [0.2, 0.25) is 0 Å². The molecule has 20 heavy (non-hydrogen) atoms. The number of fused-ring (bicyclic) bond motifs is 1. The summed E-state index contributed by atoms with van der Waals surface area (Å²) in [6.07, 6.45) is 1.45. The van der Waals surface area contributed by atoms with Gasteiger partial charge in [-0.1, -0.05) is 18.2 Å². The zero-order chi connectivity index (χ0) is 13.9. The maximum Gasteiger partial charge on any atom is 0.146 e. The fraction of sp³-hybridized carbons (Fsp3) is 0.143. The predicted molar refractivity (Wildman–Crippen MR) is 74.9 cm³/mol. The Morgan fingerprint density at radius 1 is 1.35 bits per heavy atom. The summed E-state index contributed by atoms with van der Waals surface area (Å²) in [5.41, 5.74) is 1.36. The smallest absolute Gasteiger partial charge is 0.146 e. The number of hydrogen-bond donors (Lipinski definition) is 2. The number of pyridine rings is 1. The molecule has 1 aromatic carbocycles. The molecular formula is C14H12N6. The van der Waals surface area contributed by atoms with Gasteiger partial charge in [0.25, 0.3) is 0 Å². The molecule has 0 aliphatic rings. The Bertz CT molecular complexity index is 772. The minimum atomic E-state index is -0.113. The van der Waals surface area contributed by atoms with Gasteiger partial charge in [-0.25, -0.2) is 9.97 Å². The molecular weight excluding hydrogens is 252 g/mol. The summed E-state index contributed by atoms with van der Waals surface area (Å²) in [4.78, 5) is 8.59. The lowest BCUT2D eigenvalue weighted by Gasteiger charge is -2.13. The normalized spacial score (nSPS) is 12.0. The van der Waals surface area contributed by atoms with E-state index in [1.54, 1.807) is 0 Å². The molecule has 2 aromatic heterocycles. The lowest BCUT2D eigenvalue weighted by molar-refractivity contribution is 0.790. The molecule has 2 heterocycles. The molecule has 0 aliphatic carbocycles. The maximum absolute atomic E-state index is 9.26. The monoisotopic (exact) mass is 264 g/mol. The van der Waals surface area contributed by atoms with E-state index in [-0.39, 0.29) is 6.04 Å². The van der Waals surface area contributed by atoms with Crippen molar-refractivity contribution in [2.75, 3.05) is 5.32 Å². The molecule has 1 atom stereocenters. The Balaban J connectivity index is 2.00. The molecule has 0 aliphatic heterocycles. The molecule has 0 saturated heterocycles. The molecule has 2 N–H and O–H groups in total. The minimum absolute atomic E-state index is 0.113. The van der Waals surface area contributed by atoms with Crippen molar-refractivity contribution in [2.45, 2.75) is 13.0 Å². The molecule has 6 nitrogen and oxygen atoms in total. The van der Waals surface area contributed by atoms with Gasteiger partial charge in [-0.15, -0.1) is 0 Å². The SMILES string of the molecule is CC(Nc1nc2ccccc2cc1C#N)c1ncn[nH]1. The molecule has 3 rings (SSSR count). The predicted octanol–water partition coefficient (Wildman–Crippen LogP) is 2.40. The second-order valence-corrected chi connectivity index (χ2v) is 4.43. The quantitative estimate of drug-likeness (QED) is 0.758. The van der Waals surface area contributed by atoms with Crippen molar-refractivity contribution in [3.05, 3.63) is 48.0 Å². The first kappa shape index (κ1) is 12.1. The van der Waals surface area contributed by atoms with Gasteiger partial charge in [0.2, 0.25) is 0 Å². The van der Waals surface area contributed by atoms with Crippen LogP contribution in [0.25, 0.3) is 10.9 Å². The van der Waals surface area contributed by atoms with E-state index in [9.17, 15) is 5.26 Å². The highest BCUT2D eigenvalue weighted by Gasteiger charge is 2.12. The van der Waals surface area contributed by atoms with E-state index in [2.05, 4.69) is 31.6 Å². The van der Waals surface area contributed by atoms with Crippen LogP contribution in [0.4, 0.5) is 5.82 Å². The molecule has 0 bridgehead atoms. The van der Waals surface area contributed by atoms with Gasteiger partial charge < -0.3 is 5.32 Å². The summed E-state index contributed by atoms with van der Waals surface area (Å²) in [6.45, 7) is 1.93. The third-order valence-corrected chi connectivity index (χ3v) is 3.04. The lowest BCUT2D eigenvalue weighted by Crippen LogP contribution is -2.11. The van der Waals surface area contributed by atoms with Gasteiger partial charge >= 0.3 is 0 Å². The standard InChI is InChI=1S/C14H12N6/c1-9(13-16-8-17-20-13)18-14-11(7-15)6-10-4-2-3-5-12(10)19-14/h2-6,8-9H,1H3,(H,18,19)(H,16,17,20). The summed E-state index contributed by atoms with van der Waals surface area (Å²) in [5, 5.41) is 20.0. The van der Waals surface area contributed by atoms with Crippen molar-refractivity contribution in [2.24, 2.45) is 0 Å². The first-order chi connectivity index (χ1) is 9.78. The van der Waals surface area contributed by atoms with Gasteiger partial charge in [0, 0.05) is 5.39 Å². The van der Waals surface area contributed by atoms with Crippen LogP contribution in [0, 0.1) is 11.3 Å². The van der Waals surface area contributed by atoms with E-state index in [0.717, 1.165) is 10.9 Å². The van der Waals surface area contributed by atoms with E-state index >= 15 is 0 Å². The third kappa shape index (κ3) is 2.17. The molecule has 0 radical (unpaired) electrons. The van der Waals surface area contributed by atoms with Crippen LogP contribution in [0.1, 0.15) is 24.4 Å². The highest BCUT2D eigenvalue weighted by Crippen LogP contribution is 2.22. The van der Waals surface area contributed by atoms with Crippen molar-refractivity contribution < 1.29 is 0 Å². The number of para-hydroxylation sites is 1. The Labute approximate surface area is 115 Å². The van der Waals surface area contributed by atoms with Crippen molar-refractivity contribution in [3.63, 3.8) is 0 Å². The number of H-pyrrole nitrogens is 1. The highest BCUT2D eigenvalue weighted by molar-refractivity contribution is 5.82. The zero-order valence-electron chi connectivity index (χ0n) is 10.8. The molecule has 0 spiro atoms. The third-order valence-electron chi connectivity index (χ3n) is 3.04. The van der Waals surface area contributed by atoms with E-state index < -0.39 is 0 Å². The van der Waals surface area contributed by atoms with Gasteiger partial charge in [0.05, 0.1) is 17.1 Å². The van der Waals surface area contributed by atoms with Crippen LogP contribution >= 0.6 is 0 Å². The largest absolute Gasteiger partial charge is 0.359 e. The molecule has 98 valence electrons. The Kier molecular flexibility index (Phi) is 3.01. The number of aromatic amines is 1. The van der Waals surface area contributed by atoms with Crippen LogP contribution in [0.3, 0.4) is 0 Å². The van der Waals surface area contributed by atoms with Crippen LogP contribution in [0.5, 0.6) is 0 Å². The molecule has 0 saturated carbocycles. The van der Waals surface area contributed by atoms with Crippen molar-refractivity contribution in [3.8, 4) is 6.07 Å². The van der Waals surface area contributed by atoms with Crippen molar-refractivity contribution in [1.29, 1.82) is 5.26 Å². The van der Waals surface area contributed by atoms with Crippen LogP contribution in [0.15, 0.2) is 36.7 Å². The van der Waals surface area contributed by atoms with Gasteiger partial charge in [0.1, 0.15) is 24.0 Å². The molecule has 0 fully saturated rings. The number of anilines is 1. The second kappa shape index (κ2) is 4.97. The van der Waals surface area contributed by atoms with Crippen LogP contribution in [-0.2, 0) is 0 Å². The summed E-state index contributed by atoms with van der Waals surface area (Å²) in [5.74, 6) is 1.25. The number of hydrogen-bond acceptors (Lipinski definition) is 5. The number of nitrogens with zero attached hydrogens (tertiary/aromatic N) is 4. The van der Waals surface area contributed by atoms with E-state index in [1.165, 1.54) is 6.33 Å². The second-order valence-electron chi connectivity index (χ2n) is 4.43. The van der Waals surface area contributed by atoms with Crippen LogP contribution in [-0.4, -0.2) is 20.2 Å². The lowest BCUT2D eigenvalue weighted by atomic mass is 10.1. The van der Waals surface area contributed by atoms with E-state index in [0.29, 0.717) is 17.2 Å². The number of benzene rings is 1. The average Bonchev–Trinajstić information content (AvgIpc) is 3.01. The topological polar surface area (TPSA) is 90.3 Å². The van der Waals surface area contributed by atoms with Gasteiger partial charge in [-0.05, 0) is 19.1 Å². The maximum atomic E-state index is 9.26. The Hall–Kier alpha value is -2.94. The van der Waals surface area contributed by atoms with Gasteiger partial charge in [-0.3, -0.25) is 5.10 Å². The van der Waals surface area contributed by atoms with Gasteiger partial charge in [-0.2, -0.15) is 10.4 Å². The van der Waals surface area contributed by atoms with Gasteiger partial charge in [0.15, 0.2) is 0 Å². The summed E-state index contributed by atoms with van der Waals surface area (Å²) in [7, 11) is 0. The highest BCUT2D eigenvalue weighted by atomic mass is 15.2. The average molecular weight is 264 g/mol. The van der Waals surface area contributed by atoms with E-state index in [4.69, 9.17) is 0 Å². The number of rotatable bonds is 3. The molecule has 1 unspecified atom stereocenters. The Morgan fingerprint density at radius 2 is 2.20 bits per heavy atom. The number of aromatic nitrogens is 4. The first-order valence-corrected chi connectivity index (χ1v) is 6.19.